The molecule has 84 valence electrons. The lowest BCUT2D eigenvalue weighted by Gasteiger charge is -2.30. The van der Waals surface area contributed by atoms with Crippen LogP contribution in [0, 0.1) is 5.92 Å². The second kappa shape index (κ2) is 4.67. The van der Waals surface area contributed by atoms with Crippen molar-refractivity contribution in [3.05, 3.63) is 5.82 Å². The Morgan fingerprint density at radius 2 is 2.47 bits per heavy atom. The molecule has 2 unspecified atom stereocenters. The van der Waals surface area contributed by atoms with Gasteiger partial charge in [0.2, 0.25) is 0 Å². The van der Waals surface area contributed by atoms with E-state index >= 15 is 0 Å². The SMILES string of the molecule is CNC1CCOCC1Cc1nnn(C)n1. The molecule has 1 saturated heterocycles. The molecule has 1 fully saturated rings. The Balaban J connectivity index is 1.97. The first-order valence-corrected chi connectivity index (χ1v) is 5.27. The van der Waals surface area contributed by atoms with Gasteiger partial charge in [-0.15, -0.1) is 10.2 Å². The Bertz CT molecular complexity index is 313. The summed E-state index contributed by atoms with van der Waals surface area (Å²) in [5.74, 6) is 1.25. The zero-order valence-corrected chi connectivity index (χ0v) is 9.18. The first-order chi connectivity index (χ1) is 7.29. The van der Waals surface area contributed by atoms with Crippen LogP contribution >= 0.6 is 0 Å². The Morgan fingerprint density at radius 3 is 3.13 bits per heavy atom. The molecule has 6 nitrogen and oxygen atoms in total. The van der Waals surface area contributed by atoms with Crippen LogP contribution in [0.15, 0.2) is 0 Å². The van der Waals surface area contributed by atoms with Gasteiger partial charge < -0.3 is 10.1 Å². The van der Waals surface area contributed by atoms with Crippen molar-refractivity contribution in [1.29, 1.82) is 0 Å². The highest BCUT2D eigenvalue weighted by atomic mass is 16.5. The first-order valence-electron chi connectivity index (χ1n) is 5.27. The topological polar surface area (TPSA) is 64.9 Å². The van der Waals surface area contributed by atoms with Gasteiger partial charge in [-0.1, -0.05) is 0 Å². The fourth-order valence-electron chi connectivity index (χ4n) is 2.02. The van der Waals surface area contributed by atoms with Crippen molar-refractivity contribution in [3.63, 3.8) is 0 Å². The van der Waals surface area contributed by atoms with E-state index in [1.807, 2.05) is 7.05 Å². The van der Waals surface area contributed by atoms with Crippen molar-refractivity contribution in [1.82, 2.24) is 25.5 Å². The molecule has 1 aliphatic rings. The van der Waals surface area contributed by atoms with Crippen LogP contribution in [0.3, 0.4) is 0 Å². The van der Waals surface area contributed by atoms with Crippen molar-refractivity contribution in [3.8, 4) is 0 Å². The average molecular weight is 211 g/mol. The van der Waals surface area contributed by atoms with Crippen LogP contribution in [0.1, 0.15) is 12.2 Å². The number of tetrazole rings is 1. The van der Waals surface area contributed by atoms with Gasteiger partial charge in [-0.05, 0) is 18.7 Å². The van der Waals surface area contributed by atoms with Crippen LogP contribution in [0.25, 0.3) is 0 Å². The lowest BCUT2D eigenvalue weighted by molar-refractivity contribution is 0.0334. The summed E-state index contributed by atoms with van der Waals surface area (Å²) < 4.78 is 5.47. The van der Waals surface area contributed by atoms with E-state index in [0.29, 0.717) is 12.0 Å². The highest BCUT2D eigenvalue weighted by Gasteiger charge is 2.25. The fraction of sp³-hybridized carbons (Fsp3) is 0.889. The summed E-state index contributed by atoms with van der Waals surface area (Å²) in [7, 11) is 3.77. The first kappa shape index (κ1) is 10.5. The van der Waals surface area contributed by atoms with Gasteiger partial charge >= 0.3 is 0 Å². The van der Waals surface area contributed by atoms with Gasteiger partial charge in [-0.25, -0.2) is 0 Å². The lowest BCUT2D eigenvalue weighted by Crippen LogP contribution is -2.42. The van der Waals surface area contributed by atoms with Crippen LogP contribution < -0.4 is 5.32 Å². The lowest BCUT2D eigenvalue weighted by atomic mass is 9.92. The number of aromatic nitrogens is 4. The summed E-state index contributed by atoms with van der Waals surface area (Å²) >= 11 is 0. The molecule has 6 heteroatoms. The van der Waals surface area contributed by atoms with Crippen LogP contribution in [0.5, 0.6) is 0 Å². The molecule has 0 amide bonds. The number of nitrogens with zero attached hydrogens (tertiary/aromatic N) is 4. The van der Waals surface area contributed by atoms with Crippen molar-refractivity contribution in [2.75, 3.05) is 20.3 Å². The van der Waals surface area contributed by atoms with Crippen LogP contribution in [0.2, 0.25) is 0 Å². The second-order valence-corrected chi connectivity index (χ2v) is 3.92. The molecule has 1 N–H and O–H groups in total. The zero-order chi connectivity index (χ0) is 10.7. The van der Waals surface area contributed by atoms with Gasteiger partial charge in [0, 0.05) is 25.0 Å². The summed E-state index contributed by atoms with van der Waals surface area (Å²) in [5, 5.41) is 15.3. The van der Waals surface area contributed by atoms with Gasteiger partial charge in [-0.3, -0.25) is 0 Å². The fourth-order valence-corrected chi connectivity index (χ4v) is 2.02. The minimum Gasteiger partial charge on any atom is -0.381 e. The summed E-state index contributed by atoms with van der Waals surface area (Å²) in [6.07, 6.45) is 1.89. The number of hydrogen-bond acceptors (Lipinski definition) is 5. The molecule has 0 saturated carbocycles. The maximum atomic E-state index is 5.47. The van der Waals surface area contributed by atoms with Gasteiger partial charge in [0.05, 0.1) is 13.7 Å². The standard InChI is InChI=1S/C9H17N5O/c1-10-8-3-4-15-6-7(8)5-9-11-13-14(2)12-9/h7-8,10H,3-6H2,1-2H3. The Kier molecular flexibility index (Phi) is 3.27. The Morgan fingerprint density at radius 1 is 1.60 bits per heavy atom. The molecule has 15 heavy (non-hydrogen) atoms. The largest absolute Gasteiger partial charge is 0.381 e. The van der Waals surface area contributed by atoms with Gasteiger partial charge in [0.1, 0.15) is 0 Å². The molecule has 2 atom stereocenters. The van der Waals surface area contributed by atoms with Crippen molar-refractivity contribution in [2.45, 2.75) is 18.9 Å². The normalized spacial score (nSPS) is 26.8. The molecule has 0 spiro atoms. The number of aryl methyl sites for hydroxylation is 1. The van der Waals surface area contributed by atoms with Crippen LogP contribution in [-0.4, -0.2) is 46.5 Å². The van der Waals surface area contributed by atoms with Crippen LogP contribution in [-0.2, 0) is 18.2 Å². The number of rotatable bonds is 3. The molecule has 1 aromatic heterocycles. The van der Waals surface area contributed by atoms with Crippen LogP contribution in [0.4, 0.5) is 0 Å². The number of hydrogen-bond donors (Lipinski definition) is 1. The van der Waals surface area contributed by atoms with E-state index < -0.39 is 0 Å². The third-order valence-electron chi connectivity index (χ3n) is 2.84. The minimum atomic E-state index is 0.452. The highest BCUT2D eigenvalue weighted by molar-refractivity contribution is 4.88. The minimum absolute atomic E-state index is 0.452. The molecule has 2 rings (SSSR count). The molecule has 0 aliphatic carbocycles. The summed E-state index contributed by atoms with van der Waals surface area (Å²) in [5.41, 5.74) is 0. The smallest absolute Gasteiger partial charge is 0.175 e. The highest BCUT2D eigenvalue weighted by Crippen LogP contribution is 2.17. The van der Waals surface area contributed by atoms with Gasteiger partial charge in [-0.2, -0.15) is 4.80 Å². The molecular formula is C9H17N5O. The van der Waals surface area contributed by atoms with Crippen molar-refractivity contribution >= 4 is 0 Å². The quantitative estimate of drug-likeness (QED) is 0.721. The maximum absolute atomic E-state index is 5.47. The Hall–Kier alpha value is -1.01. The number of nitrogens with one attached hydrogen (secondary N) is 1. The van der Waals surface area contributed by atoms with Gasteiger partial charge in [0.25, 0.3) is 0 Å². The predicted octanol–water partition coefficient (Wildman–Crippen LogP) is -0.623. The molecule has 0 radical (unpaired) electrons. The monoisotopic (exact) mass is 211 g/mol. The average Bonchev–Trinajstić information content (AvgIpc) is 2.65. The molecule has 1 aliphatic heterocycles. The van der Waals surface area contributed by atoms with E-state index in [0.717, 1.165) is 31.9 Å². The third-order valence-corrected chi connectivity index (χ3v) is 2.84. The van der Waals surface area contributed by atoms with E-state index in [4.69, 9.17) is 4.74 Å². The third kappa shape index (κ3) is 2.51. The Labute approximate surface area is 89.0 Å². The second-order valence-electron chi connectivity index (χ2n) is 3.92. The zero-order valence-electron chi connectivity index (χ0n) is 9.18. The van der Waals surface area contributed by atoms with Gasteiger partial charge in [0.15, 0.2) is 5.82 Å². The van der Waals surface area contributed by atoms with E-state index in [9.17, 15) is 0 Å². The molecule has 0 bridgehead atoms. The van der Waals surface area contributed by atoms with Crippen molar-refractivity contribution < 1.29 is 4.74 Å². The van der Waals surface area contributed by atoms with E-state index in [1.165, 1.54) is 4.80 Å². The molecule has 2 heterocycles. The summed E-state index contributed by atoms with van der Waals surface area (Å²) in [6, 6.07) is 0.502. The van der Waals surface area contributed by atoms with Crippen molar-refractivity contribution in [2.24, 2.45) is 13.0 Å². The number of ether oxygens (including phenoxy) is 1. The molecular weight excluding hydrogens is 194 g/mol. The molecule has 1 aromatic rings. The molecule has 0 aromatic carbocycles. The van der Waals surface area contributed by atoms with E-state index in [-0.39, 0.29) is 0 Å². The van der Waals surface area contributed by atoms with E-state index in [1.54, 1.807) is 7.05 Å². The predicted molar refractivity (Wildman–Crippen MR) is 54.3 cm³/mol. The maximum Gasteiger partial charge on any atom is 0.175 e. The van der Waals surface area contributed by atoms with E-state index in [2.05, 4.69) is 20.7 Å². The summed E-state index contributed by atoms with van der Waals surface area (Å²) in [4.78, 5) is 1.49. The summed E-state index contributed by atoms with van der Waals surface area (Å²) in [6.45, 7) is 1.62.